The largest absolute Gasteiger partial charge is 0.327 e. The van der Waals surface area contributed by atoms with E-state index in [0.717, 1.165) is 13.1 Å². The van der Waals surface area contributed by atoms with Crippen molar-refractivity contribution >= 4 is 0 Å². The molecule has 1 aromatic rings. The summed E-state index contributed by atoms with van der Waals surface area (Å²) >= 11 is 0. The molecule has 4 nitrogen and oxygen atoms in total. The topological polar surface area (TPSA) is 39.0 Å². The minimum atomic E-state index is 0.0775. The first-order chi connectivity index (χ1) is 6.27. The van der Waals surface area contributed by atoms with Gasteiger partial charge >= 0.3 is 5.69 Å². The van der Waals surface area contributed by atoms with Crippen molar-refractivity contribution in [2.24, 2.45) is 7.05 Å². The minimum absolute atomic E-state index is 0.0775. The zero-order chi connectivity index (χ0) is 9.26. The fraction of sp³-hybridized carbons (Fsp3) is 0.667. The fourth-order valence-electron chi connectivity index (χ4n) is 1.80. The summed E-state index contributed by atoms with van der Waals surface area (Å²) in [5.74, 6) is 0. The molecule has 1 fully saturated rings. The Morgan fingerprint density at radius 2 is 2.46 bits per heavy atom. The molecule has 13 heavy (non-hydrogen) atoms. The summed E-state index contributed by atoms with van der Waals surface area (Å²) in [7, 11) is 1.78. The van der Waals surface area contributed by atoms with Crippen molar-refractivity contribution in [1.29, 1.82) is 0 Å². The predicted octanol–water partition coefficient (Wildman–Crippen LogP) is -0.0612. The average molecular weight is 181 g/mol. The number of nitrogens with one attached hydrogen (secondary N) is 1. The number of rotatable bonds is 2. The molecule has 0 aromatic carbocycles. The first-order valence-corrected chi connectivity index (χ1v) is 4.72. The van der Waals surface area contributed by atoms with Gasteiger partial charge in [-0.3, -0.25) is 4.57 Å². The van der Waals surface area contributed by atoms with Crippen LogP contribution in [-0.4, -0.2) is 21.7 Å². The van der Waals surface area contributed by atoms with Crippen LogP contribution in [0.3, 0.4) is 0 Å². The highest BCUT2D eigenvalue weighted by atomic mass is 16.1. The molecular weight excluding hydrogens is 166 g/mol. The lowest BCUT2D eigenvalue weighted by molar-refractivity contribution is 0.496. The van der Waals surface area contributed by atoms with Crippen molar-refractivity contribution in [2.45, 2.75) is 25.4 Å². The van der Waals surface area contributed by atoms with Gasteiger partial charge in [-0.2, -0.15) is 0 Å². The van der Waals surface area contributed by atoms with E-state index in [1.165, 1.54) is 12.8 Å². The van der Waals surface area contributed by atoms with E-state index >= 15 is 0 Å². The smallest absolute Gasteiger partial charge is 0.312 e. The molecule has 0 unspecified atom stereocenters. The number of aromatic nitrogens is 2. The van der Waals surface area contributed by atoms with Gasteiger partial charge in [0.05, 0.1) is 0 Å². The van der Waals surface area contributed by atoms with Gasteiger partial charge in [-0.15, -0.1) is 0 Å². The lowest BCUT2D eigenvalue weighted by Crippen LogP contribution is -2.32. The second-order valence-electron chi connectivity index (χ2n) is 3.64. The molecule has 0 radical (unpaired) electrons. The molecule has 1 atom stereocenters. The van der Waals surface area contributed by atoms with E-state index in [9.17, 15) is 4.79 Å². The van der Waals surface area contributed by atoms with Gasteiger partial charge in [-0.05, 0) is 19.4 Å². The quantitative estimate of drug-likeness (QED) is 0.694. The number of hydrogen-bond donors (Lipinski definition) is 1. The van der Waals surface area contributed by atoms with Crippen LogP contribution < -0.4 is 11.0 Å². The van der Waals surface area contributed by atoms with Gasteiger partial charge in [0.1, 0.15) is 0 Å². The van der Waals surface area contributed by atoms with Crippen molar-refractivity contribution in [2.75, 3.05) is 6.54 Å². The van der Waals surface area contributed by atoms with Crippen LogP contribution in [-0.2, 0) is 13.6 Å². The number of hydrogen-bond acceptors (Lipinski definition) is 2. The highest BCUT2D eigenvalue weighted by Crippen LogP contribution is 2.05. The Kier molecular flexibility index (Phi) is 2.22. The van der Waals surface area contributed by atoms with Gasteiger partial charge < -0.3 is 9.88 Å². The Morgan fingerprint density at radius 1 is 1.62 bits per heavy atom. The van der Waals surface area contributed by atoms with E-state index in [-0.39, 0.29) is 5.69 Å². The maximum atomic E-state index is 11.5. The first-order valence-electron chi connectivity index (χ1n) is 4.72. The summed E-state index contributed by atoms with van der Waals surface area (Å²) in [5.41, 5.74) is 0.0775. The minimum Gasteiger partial charge on any atom is -0.312 e. The van der Waals surface area contributed by atoms with Gasteiger partial charge in [0.25, 0.3) is 0 Å². The number of aryl methyl sites for hydroxylation is 1. The second kappa shape index (κ2) is 3.38. The SMILES string of the molecule is Cn1ccn(C[C@@H]2CCCN2)c1=O. The Bertz CT molecular complexity index is 333. The normalized spacial score (nSPS) is 22.4. The van der Waals surface area contributed by atoms with Gasteiger partial charge in [0.2, 0.25) is 0 Å². The highest BCUT2D eigenvalue weighted by molar-refractivity contribution is 4.83. The van der Waals surface area contributed by atoms with Crippen molar-refractivity contribution < 1.29 is 0 Å². The maximum absolute atomic E-state index is 11.5. The monoisotopic (exact) mass is 181 g/mol. The maximum Gasteiger partial charge on any atom is 0.327 e. The van der Waals surface area contributed by atoms with Gasteiger partial charge in [-0.25, -0.2) is 4.79 Å². The third kappa shape index (κ3) is 1.67. The average Bonchev–Trinajstić information content (AvgIpc) is 2.71. The molecule has 4 heteroatoms. The van der Waals surface area contributed by atoms with E-state index in [1.54, 1.807) is 22.4 Å². The Labute approximate surface area is 77.2 Å². The van der Waals surface area contributed by atoms with Crippen LogP contribution in [0, 0.1) is 0 Å². The summed E-state index contributed by atoms with van der Waals surface area (Å²) in [6.07, 6.45) is 6.06. The molecule has 0 bridgehead atoms. The van der Waals surface area contributed by atoms with Crippen LogP contribution in [0.2, 0.25) is 0 Å². The number of imidazole rings is 1. The third-order valence-electron chi connectivity index (χ3n) is 2.60. The molecule has 0 amide bonds. The van der Waals surface area contributed by atoms with Gasteiger partial charge in [0, 0.05) is 32.0 Å². The molecule has 1 aliphatic rings. The summed E-state index contributed by atoms with van der Waals surface area (Å²) in [6, 6.07) is 0.486. The summed E-state index contributed by atoms with van der Waals surface area (Å²) in [5, 5.41) is 3.37. The van der Waals surface area contributed by atoms with E-state index < -0.39 is 0 Å². The van der Waals surface area contributed by atoms with Crippen LogP contribution >= 0.6 is 0 Å². The molecular formula is C9H15N3O. The van der Waals surface area contributed by atoms with Crippen LogP contribution in [0.4, 0.5) is 0 Å². The van der Waals surface area contributed by atoms with Crippen LogP contribution in [0.5, 0.6) is 0 Å². The lowest BCUT2D eigenvalue weighted by Gasteiger charge is -2.09. The van der Waals surface area contributed by atoms with Crippen molar-refractivity contribution in [3.05, 3.63) is 22.9 Å². The Hall–Kier alpha value is -1.03. The van der Waals surface area contributed by atoms with E-state index in [1.807, 2.05) is 6.20 Å². The Morgan fingerprint density at radius 3 is 3.00 bits per heavy atom. The van der Waals surface area contributed by atoms with Crippen molar-refractivity contribution in [1.82, 2.24) is 14.5 Å². The highest BCUT2D eigenvalue weighted by Gasteiger charge is 2.15. The van der Waals surface area contributed by atoms with E-state index in [0.29, 0.717) is 6.04 Å². The van der Waals surface area contributed by atoms with Crippen LogP contribution in [0.1, 0.15) is 12.8 Å². The lowest BCUT2D eigenvalue weighted by atomic mass is 10.2. The van der Waals surface area contributed by atoms with Crippen LogP contribution in [0.25, 0.3) is 0 Å². The molecule has 1 saturated heterocycles. The summed E-state index contributed by atoms with van der Waals surface area (Å²) < 4.78 is 3.37. The molecule has 1 N–H and O–H groups in total. The van der Waals surface area contributed by atoms with Crippen molar-refractivity contribution in [3.63, 3.8) is 0 Å². The van der Waals surface area contributed by atoms with Crippen LogP contribution in [0.15, 0.2) is 17.2 Å². The zero-order valence-electron chi connectivity index (χ0n) is 7.86. The zero-order valence-corrected chi connectivity index (χ0v) is 7.86. The molecule has 0 saturated carbocycles. The molecule has 0 spiro atoms. The predicted molar refractivity (Wildman–Crippen MR) is 50.7 cm³/mol. The standard InChI is InChI=1S/C9H15N3O/c1-11-5-6-12(9(11)13)7-8-3-2-4-10-8/h5-6,8,10H,2-4,7H2,1H3/t8-/m0/s1. The number of nitrogens with zero attached hydrogens (tertiary/aromatic N) is 2. The Balaban J connectivity index is 2.09. The molecule has 0 aliphatic carbocycles. The summed E-state index contributed by atoms with van der Waals surface area (Å²) in [6.45, 7) is 1.89. The van der Waals surface area contributed by atoms with E-state index in [2.05, 4.69) is 5.32 Å². The second-order valence-corrected chi connectivity index (χ2v) is 3.64. The molecule has 1 aromatic heterocycles. The van der Waals surface area contributed by atoms with Crippen molar-refractivity contribution in [3.8, 4) is 0 Å². The molecule has 2 heterocycles. The van der Waals surface area contributed by atoms with E-state index in [4.69, 9.17) is 0 Å². The molecule has 72 valence electrons. The summed E-state index contributed by atoms with van der Waals surface area (Å²) in [4.78, 5) is 11.5. The molecule has 1 aliphatic heterocycles. The first kappa shape index (κ1) is 8.56. The van der Waals surface area contributed by atoms with Gasteiger partial charge in [0.15, 0.2) is 0 Å². The third-order valence-corrected chi connectivity index (χ3v) is 2.60. The molecule has 2 rings (SSSR count). The fourth-order valence-corrected chi connectivity index (χ4v) is 1.80. The van der Waals surface area contributed by atoms with Gasteiger partial charge in [-0.1, -0.05) is 0 Å².